The van der Waals surface area contributed by atoms with Gasteiger partial charge in [0.1, 0.15) is 5.75 Å². The van der Waals surface area contributed by atoms with E-state index < -0.39 is 0 Å². The first kappa shape index (κ1) is 14.5. The quantitative estimate of drug-likeness (QED) is 0.900. The van der Waals surface area contributed by atoms with Crippen molar-refractivity contribution in [2.24, 2.45) is 0 Å². The molecule has 0 unspecified atom stereocenters. The van der Waals surface area contributed by atoms with E-state index in [1.807, 2.05) is 44.4 Å². The van der Waals surface area contributed by atoms with Gasteiger partial charge in [-0.15, -0.1) is 0 Å². The topological polar surface area (TPSA) is 24.5 Å². The molecule has 3 nitrogen and oxygen atoms in total. The van der Waals surface area contributed by atoms with E-state index in [1.165, 1.54) is 0 Å². The molecule has 0 aliphatic heterocycles. The Morgan fingerprint density at radius 3 is 2.60 bits per heavy atom. The Morgan fingerprint density at radius 2 is 1.90 bits per heavy atom. The molecule has 4 heteroatoms. The molecule has 0 aliphatic rings. The lowest BCUT2D eigenvalue weighted by Crippen LogP contribution is -2.09. The molecule has 1 N–H and O–H groups in total. The summed E-state index contributed by atoms with van der Waals surface area (Å²) in [6.45, 7) is 0.625. The Hall–Kier alpha value is -1.87. The van der Waals surface area contributed by atoms with Gasteiger partial charge in [-0.3, -0.25) is 0 Å². The van der Waals surface area contributed by atoms with E-state index in [9.17, 15) is 0 Å². The maximum Gasteiger partial charge on any atom is 0.125 e. The fourth-order valence-corrected chi connectivity index (χ4v) is 2.22. The first-order valence-corrected chi connectivity index (χ1v) is 6.82. The van der Waals surface area contributed by atoms with Crippen molar-refractivity contribution in [3.05, 3.63) is 53.1 Å². The van der Waals surface area contributed by atoms with E-state index in [-0.39, 0.29) is 0 Å². The van der Waals surface area contributed by atoms with Crippen LogP contribution in [0.1, 0.15) is 5.56 Å². The maximum atomic E-state index is 6.23. The zero-order valence-corrected chi connectivity index (χ0v) is 12.7. The summed E-state index contributed by atoms with van der Waals surface area (Å²) < 4.78 is 5.34. The highest BCUT2D eigenvalue weighted by molar-refractivity contribution is 6.31. The lowest BCUT2D eigenvalue weighted by molar-refractivity contribution is 0.410. The second-order valence-electron chi connectivity index (χ2n) is 4.72. The molecular formula is C16H19ClN2O. The molecule has 0 aliphatic carbocycles. The van der Waals surface area contributed by atoms with Crippen molar-refractivity contribution in [1.29, 1.82) is 0 Å². The van der Waals surface area contributed by atoms with Crippen molar-refractivity contribution in [1.82, 2.24) is 0 Å². The molecule has 20 heavy (non-hydrogen) atoms. The van der Waals surface area contributed by atoms with Crippen LogP contribution in [0.25, 0.3) is 0 Å². The average molecular weight is 291 g/mol. The highest BCUT2D eigenvalue weighted by Crippen LogP contribution is 2.27. The van der Waals surface area contributed by atoms with Crippen LogP contribution in [0, 0.1) is 0 Å². The summed E-state index contributed by atoms with van der Waals surface area (Å²) >= 11 is 6.23. The maximum absolute atomic E-state index is 6.23. The summed E-state index contributed by atoms with van der Waals surface area (Å²) in [5, 5.41) is 4.09. The lowest BCUT2D eigenvalue weighted by atomic mass is 10.2. The molecule has 0 spiro atoms. The molecule has 106 valence electrons. The number of rotatable bonds is 5. The number of nitrogens with zero attached hydrogens (tertiary/aromatic N) is 1. The molecule has 2 aromatic rings. The van der Waals surface area contributed by atoms with E-state index >= 15 is 0 Å². The van der Waals surface area contributed by atoms with E-state index in [4.69, 9.17) is 16.3 Å². The minimum Gasteiger partial charge on any atom is -0.496 e. The molecule has 0 saturated heterocycles. The number of ether oxygens (including phenoxy) is 1. The summed E-state index contributed by atoms with van der Waals surface area (Å²) in [4.78, 5) is 2.07. The van der Waals surface area contributed by atoms with E-state index in [1.54, 1.807) is 7.11 Å². The standard InChI is InChI=1S/C16H19ClN2O/c1-19(2)13-7-4-6-12(10-13)18-11-14-15(17)8-5-9-16(14)20-3/h4-10,18H,11H2,1-3H3. The van der Waals surface area contributed by atoms with Crippen LogP contribution >= 0.6 is 11.6 Å². The van der Waals surface area contributed by atoms with Gasteiger partial charge >= 0.3 is 0 Å². The third-order valence-electron chi connectivity index (χ3n) is 3.13. The predicted molar refractivity (Wildman–Crippen MR) is 86.1 cm³/mol. The minimum absolute atomic E-state index is 0.625. The third-order valence-corrected chi connectivity index (χ3v) is 3.48. The smallest absolute Gasteiger partial charge is 0.125 e. The van der Waals surface area contributed by atoms with E-state index in [2.05, 4.69) is 22.3 Å². The molecule has 0 heterocycles. The molecule has 2 aromatic carbocycles. The van der Waals surface area contributed by atoms with Gasteiger partial charge in [-0.2, -0.15) is 0 Å². The van der Waals surface area contributed by atoms with Gasteiger partial charge in [-0.25, -0.2) is 0 Å². The van der Waals surface area contributed by atoms with Crippen LogP contribution in [0.2, 0.25) is 5.02 Å². The normalized spacial score (nSPS) is 10.2. The largest absolute Gasteiger partial charge is 0.496 e. The molecule has 0 radical (unpaired) electrons. The monoisotopic (exact) mass is 290 g/mol. The van der Waals surface area contributed by atoms with Crippen molar-refractivity contribution < 1.29 is 4.74 Å². The third kappa shape index (κ3) is 3.36. The van der Waals surface area contributed by atoms with E-state index in [0.717, 1.165) is 22.7 Å². The summed E-state index contributed by atoms with van der Waals surface area (Å²) in [5.41, 5.74) is 3.17. The number of halogens is 1. The lowest BCUT2D eigenvalue weighted by Gasteiger charge is -2.15. The van der Waals surface area contributed by atoms with Crippen molar-refractivity contribution in [2.45, 2.75) is 6.54 Å². The van der Waals surface area contributed by atoms with Crippen molar-refractivity contribution in [2.75, 3.05) is 31.4 Å². The number of anilines is 2. The van der Waals surface area contributed by atoms with Gasteiger partial charge in [0, 0.05) is 42.6 Å². The summed E-state index contributed by atoms with van der Waals surface area (Å²) in [7, 11) is 5.70. The average Bonchev–Trinajstić information content (AvgIpc) is 2.46. The number of hydrogen-bond acceptors (Lipinski definition) is 3. The molecule has 0 aromatic heterocycles. The van der Waals surface area contributed by atoms with Gasteiger partial charge < -0.3 is 15.0 Å². The van der Waals surface area contributed by atoms with Crippen LogP contribution < -0.4 is 15.0 Å². The fourth-order valence-electron chi connectivity index (χ4n) is 1.99. The second-order valence-corrected chi connectivity index (χ2v) is 5.13. The minimum atomic E-state index is 0.625. The van der Waals surface area contributed by atoms with Gasteiger partial charge in [-0.05, 0) is 30.3 Å². The van der Waals surface area contributed by atoms with Crippen LogP contribution in [-0.2, 0) is 6.54 Å². The Kier molecular flexibility index (Phi) is 4.74. The summed E-state index contributed by atoms with van der Waals surface area (Å²) in [6.07, 6.45) is 0. The molecule has 2 rings (SSSR count). The Morgan fingerprint density at radius 1 is 1.15 bits per heavy atom. The van der Waals surface area contributed by atoms with Gasteiger partial charge in [0.15, 0.2) is 0 Å². The molecule has 0 atom stereocenters. The van der Waals surface area contributed by atoms with Crippen LogP contribution in [0.4, 0.5) is 11.4 Å². The van der Waals surface area contributed by atoms with E-state index in [0.29, 0.717) is 11.6 Å². The molecule has 0 bridgehead atoms. The Labute approximate surface area is 125 Å². The predicted octanol–water partition coefficient (Wildman–Crippen LogP) is 4.03. The fraction of sp³-hybridized carbons (Fsp3) is 0.250. The Bertz CT molecular complexity index is 584. The van der Waals surface area contributed by atoms with Gasteiger partial charge in [0.25, 0.3) is 0 Å². The SMILES string of the molecule is COc1cccc(Cl)c1CNc1cccc(N(C)C)c1. The van der Waals surface area contributed by atoms with Crippen molar-refractivity contribution in [3.63, 3.8) is 0 Å². The zero-order chi connectivity index (χ0) is 14.5. The molecule has 0 fully saturated rings. The second kappa shape index (κ2) is 6.53. The number of nitrogens with one attached hydrogen (secondary N) is 1. The first-order valence-electron chi connectivity index (χ1n) is 6.44. The Balaban J connectivity index is 2.15. The summed E-state index contributed by atoms with van der Waals surface area (Å²) in [6, 6.07) is 13.9. The van der Waals surface area contributed by atoms with Crippen LogP contribution in [-0.4, -0.2) is 21.2 Å². The van der Waals surface area contributed by atoms with Crippen molar-refractivity contribution in [3.8, 4) is 5.75 Å². The number of hydrogen-bond donors (Lipinski definition) is 1. The number of methoxy groups -OCH3 is 1. The highest BCUT2D eigenvalue weighted by Gasteiger charge is 2.07. The van der Waals surface area contributed by atoms with Gasteiger partial charge in [-0.1, -0.05) is 23.7 Å². The highest BCUT2D eigenvalue weighted by atomic mass is 35.5. The van der Waals surface area contributed by atoms with Gasteiger partial charge in [0.05, 0.1) is 7.11 Å². The molecule has 0 saturated carbocycles. The van der Waals surface area contributed by atoms with Crippen LogP contribution in [0.5, 0.6) is 5.75 Å². The number of benzene rings is 2. The van der Waals surface area contributed by atoms with Crippen LogP contribution in [0.3, 0.4) is 0 Å². The zero-order valence-electron chi connectivity index (χ0n) is 12.0. The van der Waals surface area contributed by atoms with Gasteiger partial charge in [0.2, 0.25) is 0 Å². The van der Waals surface area contributed by atoms with Crippen LogP contribution in [0.15, 0.2) is 42.5 Å². The van der Waals surface area contributed by atoms with Crippen molar-refractivity contribution >= 4 is 23.0 Å². The summed E-state index contributed by atoms with van der Waals surface area (Å²) in [5.74, 6) is 0.800. The molecule has 0 amide bonds. The first-order chi connectivity index (χ1) is 9.61. The molecular weight excluding hydrogens is 272 g/mol.